The summed E-state index contributed by atoms with van der Waals surface area (Å²) >= 11 is 0. The summed E-state index contributed by atoms with van der Waals surface area (Å²) in [4.78, 5) is 26.0. The van der Waals surface area contributed by atoms with Crippen LogP contribution in [0.4, 0.5) is 0 Å². The first-order chi connectivity index (χ1) is 12.6. The van der Waals surface area contributed by atoms with Gasteiger partial charge in [-0.2, -0.15) is 0 Å². The largest absolute Gasteiger partial charge is 0.401 e. The maximum absolute atomic E-state index is 11.7. The molecule has 134 valence electrons. The van der Waals surface area contributed by atoms with E-state index in [0.717, 1.165) is 40.1 Å². The van der Waals surface area contributed by atoms with Gasteiger partial charge in [-0.1, -0.05) is 24.3 Å². The summed E-state index contributed by atoms with van der Waals surface area (Å²) < 4.78 is 0. The number of nitrogens with zero attached hydrogens (tertiary/aromatic N) is 4. The molecule has 6 nitrogen and oxygen atoms in total. The number of nitrogens with two attached hydrogens (primary N) is 1. The van der Waals surface area contributed by atoms with E-state index < -0.39 is 0 Å². The number of hydrogen-bond acceptors (Lipinski definition) is 5. The fourth-order valence-electron chi connectivity index (χ4n) is 3.15. The summed E-state index contributed by atoms with van der Waals surface area (Å²) in [6.07, 6.45) is 6.48. The Morgan fingerprint density at radius 3 is 2.50 bits per heavy atom. The van der Waals surface area contributed by atoms with Gasteiger partial charge >= 0.3 is 0 Å². The van der Waals surface area contributed by atoms with Crippen molar-refractivity contribution in [2.75, 3.05) is 20.1 Å². The molecule has 1 saturated heterocycles. The molecular weight excluding hydrogens is 326 g/mol. The Morgan fingerprint density at radius 1 is 1.19 bits per heavy atom. The van der Waals surface area contributed by atoms with E-state index in [2.05, 4.69) is 27.1 Å². The van der Waals surface area contributed by atoms with Crippen molar-refractivity contribution >= 4 is 11.6 Å². The summed E-state index contributed by atoms with van der Waals surface area (Å²) in [5.74, 6) is 0.0693. The predicted octanol–water partition coefficient (Wildman–Crippen LogP) is 2.22. The maximum Gasteiger partial charge on any atom is 0.219 e. The Labute approximate surface area is 153 Å². The van der Waals surface area contributed by atoms with Crippen LogP contribution >= 0.6 is 0 Å². The van der Waals surface area contributed by atoms with Gasteiger partial charge in [0, 0.05) is 74.8 Å². The molecule has 1 amide bonds. The summed E-state index contributed by atoms with van der Waals surface area (Å²) in [6, 6.07) is 8.21. The van der Waals surface area contributed by atoms with Crippen LogP contribution in [0.25, 0.3) is 11.1 Å². The second-order valence-corrected chi connectivity index (χ2v) is 6.37. The van der Waals surface area contributed by atoms with Crippen molar-refractivity contribution in [3.05, 3.63) is 59.8 Å². The average molecular weight is 349 g/mol. The second-order valence-electron chi connectivity index (χ2n) is 6.37. The van der Waals surface area contributed by atoms with Crippen LogP contribution in [0.5, 0.6) is 0 Å². The first kappa shape index (κ1) is 17.8. The fourth-order valence-corrected chi connectivity index (χ4v) is 3.15. The molecule has 0 atom stereocenters. The van der Waals surface area contributed by atoms with Crippen molar-refractivity contribution in [3.63, 3.8) is 0 Å². The lowest BCUT2D eigenvalue weighted by molar-refractivity contribution is -0.128. The Morgan fingerprint density at radius 2 is 1.88 bits per heavy atom. The number of carbonyl (C=O) groups excluding carboxylic acids is 1. The van der Waals surface area contributed by atoms with Crippen molar-refractivity contribution < 1.29 is 4.79 Å². The molecule has 2 heterocycles. The third kappa shape index (κ3) is 3.96. The average Bonchev–Trinajstić information content (AvgIpc) is 2.68. The summed E-state index contributed by atoms with van der Waals surface area (Å²) in [7, 11) is 1.78. The van der Waals surface area contributed by atoms with Crippen LogP contribution in [0.15, 0.2) is 59.2 Å². The van der Waals surface area contributed by atoms with Gasteiger partial charge in [0.1, 0.15) is 6.33 Å². The van der Waals surface area contributed by atoms with Gasteiger partial charge in [-0.15, -0.1) is 0 Å². The van der Waals surface area contributed by atoms with Crippen molar-refractivity contribution in [1.82, 2.24) is 14.9 Å². The molecule has 0 radical (unpaired) electrons. The number of piperidine rings is 1. The molecule has 6 heteroatoms. The van der Waals surface area contributed by atoms with E-state index in [1.165, 1.54) is 6.33 Å². The molecule has 1 aromatic carbocycles. The molecular formula is C20H23N5O. The van der Waals surface area contributed by atoms with E-state index in [1.807, 2.05) is 17.0 Å². The quantitative estimate of drug-likeness (QED) is 0.921. The van der Waals surface area contributed by atoms with E-state index in [0.29, 0.717) is 19.5 Å². The van der Waals surface area contributed by atoms with E-state index >= 15 is 0 Å². The molecule has 26 heavy (non-hydrogen) atoms. The highest BCUT2D eigenvalue weighted by Crippen LogP contribution is 2.21. The lowest BCUT2D eigenvalue weighted by atomic mass is 9.96. The third-order valence-corrected chi connectivity index (χ3v) is 4.66. The van der Waals surface area contributed by atoms with E-state index in [1.54, 1.807) is 26.4 Å². The number of aromatic nitrogens is 2. The Balaban J connectivity index is 1.80. The summed E-state index contributed by atoms with van der Waals surface area (Å²) in [5, 5.41) is 0. The topological polar surface area (TPSA) is 84.5 Å². The van der Waals surface area contributed by atoms with Gasteiger partial charge in [0.25, 0.3) is 0 Å². The van der Waals surface area contributed by atoms with Gasteiger partial charge in [-0.05, 0) is 11.1 Å². The minimum atomic E-state index is 0.0693. The molecule has 0 unspecified atom stereocenters. The smallest absolute Gasteiger partial charge is 0.219 e. The van der Waals surface area contributed by atoms with Crippen LogP contribution in [0.1, 0.15) is 18.9 Å². The number of likely N-dealkylation sites (tertiary alicyclic amines) is 1. The Bertz CT molecular complexity index is 840. The molecule has 2 N–H and O–H groups in total. The van der Waals surface area contributed by atoms with Gasteiger partial charge in [0.2, 0.25) is 5.91 Å². The van der Waals surface area contributed by atoms with Crippen molar-refractivity contribution in [1.29, 1.82) is 0 Å². The molecule has 1 aliphatic rings. The van der Waals surface area contributed by atoms with Crippen LogP contribution in [-0.2, 0) is 11.2 Å². The second kappa shape index (κ2) is 7.91. The molecule has 2 aromatic rings. The van der Waals surface area contributed by atoms with Crippen molar-refractivity contribution in [2.45, 2.75) is 19.8 Å². The number of rotatable bonds is 3. The SMILES string of the molecule is CN=C1CCN(C(C)=O)CC1=C(N)Cc1ccc(-c2cncnc2)cc1. The number of allylic oxidation sites excluding steroid dienone is 1. The maximum atomic E-state index is 11.7. The first-order valence-electron chi connectivity index (χ1n) is 8.62. The van der Waals surface area contributed by atoms with Crippen LogP contribution in [0.3, 0.4) is 0 Å². The lowest BCUT2D eigenvalue weighted by Gasteiger charge is -2.30. The number of hydrogen-bond donors (Lipinski definition) is 1. The zero-order valence-corrected chi connectivity index (χ0v) is 15.1. The van der Waals surface area contributed by atoms with Gasteiger partial charge in [0.05, 0.1) is 0 Å². The normalized spacial score (nSPS) is 18.1. The van der Waals surface area contributed by atoms with Crippen LogP contribution < -0.4 is 5.73 Å². The van der Waals surface area contributed by atoms with Gasteiger partial charge in [0.15, 0.2) is 0 Å². The number of benzene rings is 1. The number of carbonyl (C=O) groups is 1. The van der Waals surface area contributed by atoms with Crippen LogP contribution in [-0.4, -0.2) is 46.6 Å². The first-order valence-corrected chi connectivity index (χ1v) is 8.62. The standard InChI is InChI=1S/C20H23N5O/c1-14(26)25-8-7-20(22-2)18(12-25)19(21)9-15-3-5-16(6-4-15)17-10-23-13-24-11-17/h3-6,10-11,13H,7-9,12,21H2,1-2H3. The van der Waals surface area contributed by atoms with E-state index in [-0.39, 0.29) is 5.91 Å². The molecule has 1 aromatic heterocycles. The highest BCUT2D eigenvalue weighted by Gasteiger charge is 2.23. The summed E-state index contributed by atoms with van der Waals surface area (Å²) in [6.45, 7) is 2.83. The molecule has 0 aliphatic carbocycles. The number of aliphatic imine (C=N–C) groups is 1. The van der Waals surface area contributed by atoms with Gasteiger partial charge in [-0.3, -0.25) is 9.79 Å². The minimum absolute atomic E-state index is 0.0693. The molecule has 1 fully saturated rings. The van der Waals surface area contributed by atoms with Crippen LogP contribution in [0, 0.1) is 0 Å². The number of amides is 1. The fraction of sp³-hybridized carbons (Fsp3) is 0.300. The predicted molar refractivity (Wildman–Crippen MR) is 103 cm³/mol. The monoisotopic (exact) mass is 349 g/mol. The van der Waals surface area contributed by atoms with Gasteiger partial charge < -0.3 is 10.6 Å². The molecule has 0 saturated carbocycles. The lowest BCUT2D eigenvalue weighted by Crippen LogP contribution is -2.40. The minimum Gasteiger partial charge on any atom is -0.401 e. The molecule has 0 bridgehead atoms. The third-order valence-electron chi connectivity index (χ3n) is 4.66. The molecule has 3 rings (SSSR count). The zero-order chi connectivity index (χ0) is 18.5. The molecule has 1 aliphatic heterocycles. The molecule has 0 spiro atoms. The highest BCUT2D eigenvalue weighted by atomic mass is 16.2. The van der Waals surface area contributed by atoms with Crippen molar-refractivity contribution in [3.8, 4) is 11.1 Å². The Hall–Kier alpha value is -3.02. The van der Waals surface area contributed by atoms with Crippen LogP contribution in [0.2, 0.25) is 0 Å². The van der Waals surface area contributed by atoms with Crippen molar-refractivity contribution in [2.24, 2.45) is 10.7 Å². The van der Waals surface area contributed by atoms with E-state index in [9.17, 15) is 4.79 Å². The summed E-state index contributed by atoms with van der Waals surface area (Å²) in [5.41, 5.74) is 12.3. The zero-order valence-electron chi connectivity index (χ0n) is 15.1. The van der Waals surface area contributed by atoms with Gasteiger partial charge in [-0.25, -0.2) is 9.97 Å². The van der Waals surface area contributed by atoms with E-state index in [4.69, 9.17) is 5.73 Å². The Kier molecular flexibility index (Phi) is 5.41. The highest BCUT2D eigenvalue weighted by molar-refractivity contribution is 6.02.